The van der Waals surface area contributed by atoms with Crippen LogP contribution in [0.4, 0.5) is 0 Å². The highest BCUT2D eigenvalue weighted by atomic mass is 16.3. The van der Waals surface area contributed by atoms with Crippen molar-refractivity contribution in [2.45, 2.75) is 32.8 Å². The zero-order valence-electron chi connectivity index (χ0n) is 8.27. The molecule has 0 aliphatic rings. The predicted octanol–water partition coefficient (Wildman–Crippen LogP) is 2.55. The van der Waals surface area contributed by atoms with Crippen molar-refractivity contribution in [2.24, 2.45) is 5.92 Å². The van der Waals surface area contributed by atoms with Crippen molar-refractivity contribution < 1.29 is 5.11 Å². The summed E-state index contributed by atoms with van der Waals surface area (Å²) in [6, 6.07) is 3.74. The van der Waals surface area contributed by atoms with Gasteiger partial charge in [0, 0.05) is 12.4 Å². The Morgan fingerprint density at radius 3 is 2.54 bits per heavy atom. The minimum atomic E-state index is -0.335. The predicted molar refractivity (Wildman–Crippen MR) is 53.3 cm³/mol. The quantitative estimate of drug-likeness (QED) is 0.770. The molecular formula is C11H17NO. The van der Waals surface area contributed by atoms with Crippen molar-refractivity contribution in [2.75, 3.05) is 0 Å². The standard InChI is InChI=1S/C11H17NO/c1-3-9(2)8-11(13)10-4-6-12-7-5-10/h4-7,9,11,13H,3,8H2,1-2H3. The first kappa shape index (κ1) is 10.2. The number of pyridine rings is 1. The van der Waals surface area contributed by atoms with E-state index in [2.05, 4.69) is 18.8 Å². The number of rotatable bonds is 4. The van der Waals surface area contributed by atoms with Crippen LogP contribution in [0.3, 0.4) is 0 Å². The molecule has 0 saturated heterocycles. The van der Waals surface area contributed by atoms with Gasteiger partial charge in [0.25, 0.3) is 0 Å². The maximum atomic E-state index is 9.79. The van der Waals surface area contributed by atoms with Crippen LogP contribution >= 0.6 is 0 Å². The Labute approximate surface area is 79.6 Å². The van der Waals surface area contributed by atoms with Crippen LogP contribution in [0, 0.1) is 5.92 Å². The molecule has 2 heteroatoms. The largest absolute Gasteiger partial charge is 0.388 e. The molecule has 1 heterocycles. The first-order valence-electron chi connectivity index (χ1n) is 4.82. The summed E-state index contributed by atoms with van der Waals surface area (Å²) in [6.07, 6.45) is 5.05. The van der Waals surface area contributed by atoms with Gasteiger partial charge in [0.05, 0.1) is 6.10 Å². The van der Waals surface area contributed by atoms with Crippen molar-refractivity contribution in [3.63, 3.8) is 0 Å². The van der Waals surface area contributed by atoms with Gasteiger partial charge in [-0.15, -0.1) is 0 Å². The Morgan fingerprint density at radius 1 is 1.38 bits per heavy atom. The second kappa shape index (κ2) is 4.97. The van der Waals surface area contributed by atoms with E-state index in [4.69, 9.17) is 0 Å². The molecule has 0 amide bonds. The van der Waals surface area contributed by atoms with Crippen LogP contribution < -0.4 is 0 Å². The molecule has 0 aliphatic heterocycles. The molecule has 2 nitrogen and oxygen atoms in total. The van der Waals surface area contributed by atoms with Gasteiger partial charge in [0.15, 0.2) is 0 Å². The molecule has 2 atom stereocenters. The molecule has 1 N–H and O–H groups in total. The van der Waals surface area contributed by atoms with E-state index < -0.39 is 0 Å². The summed E-state index contributed by atoms with van der Waals surface area (Å²) in [5.74, 6) is 0.572. The molecule has 0 bridgehead atoms. The molecule has 1 rings (SSSR count). The van der Waals surface area contributed by atoms with Gasteiger partial charge in [-0.05, 0) is 30.0 Å². The fraction of sp³-hybridized carbons (Fsp3) is 0.545. The highest BCUT2D eigenvalue weighted by molar-refractivity contribution is 5.12. The molecule has 13 heavy (non-hydrogen) atoms. The van der Waals surface area contributed by atoms with E-state index in [-0.39, 0.29) is 6.10 Å². The van der Waals surface area contributed by atoms with Crippen molar-refractivity contribution in [3.8, 4) is 0 Å². The van der Waals surface area contributed by atoms with E-state index in [1.54, 1.807) is 12.4 Å². The van der Waals surface area contributed by atoms with Crippen molar-refractivity contribution in [3.05, 3.63) is 30.1 Å². The molecule has 0 aliphatic carbocycles. The van der Waals surface area contributed by atoms with E-state index in [0.29, 0.717) is 5.92 Å². The molecule has 0 fully saturated rings. The number of aliphatic hydroxyl groups excluding tert-OH is 1. The lowest BCUT2D eigenvalue weighted by atomic mass is 9.97. The number of nitrogens with zero attached hydrogens (tertiary/aromatic N) is 1. The summed E-state index contributed by atoms with van der Waals surface area (Å²) in [5, 5.41) is 9.79. The second-order valence-corrected chi connectivity index (χ2v) is 3.55. The molecule has 72 valence electrons. The molecular weight excluding hydrogens is 162 g/mol. The van der Waals surface area contributed by atoms with Gasteiger partial charge in [-0.1, -0.05) is 20.3 Å². The number of aliphatic hydroxyl groups is 1. The Kier molecular flexibility index (Phi) is 3.90. The number of hydrogen-bond acceptors (Lipinski definition) is 2. The van der Waals surface area contributed by atoms with Crippen LogP contribution in [0.25, 0.3) is 0 Å². The van der Waals surface area contributed by atoms with Gasteiger partial charge >= 0.3 is 0 Å². The fourth-order valence-electron chi connectivity index (χ4n) is 1.27. The summed E-state index contributed by atoms with van der Waals surface area (Å²) < 4.78 is 0. The highest BCUT2D eigenvalue weighted by Gasteiger charge is 2.10. The Hall–Kier alpha value is -0.890. The molecule has 0 aromatic carbocycles. The molecule has 0 saturated carbocycles. The van der Waals surface area contributed by atoms with Crippen LogP contribution in [0.15, 0.2) is 24.5 Å². The third kappa shape index (κ3) is 3.15. The average Bonchev–Trinajstić information content (AvgIpc) is 2.19. The minimum Gasteiger partial charge on any atom is -0.388 e. The highest BCUT2D eigenvalue weighted by Crippen LogP contribution is 2.21. The van der Waals surface area contributed by atoms with E-state index in [0.717, 1.165) is 18.4 Å². The lowest BCUT2D eigenvalue weighted by molar-refractivity contribution is 0.146. The second-order valence-electron chi connectivity index (χ2n) is 3.55. The van der Waals surface area contributed by atoms with Crippen LogP contribution in [0.1, 0.15) is 38.4 Å². The van der Waals surface area contributed by atoms with E-state index in [1.165, 1.54) is 0 Å². The summed E-state index contributed by atoms with van der Waals surface area (Å²) in [5.41, 5.74) is 0.968. The third-order valence-electron chi connectivity index (χ3n) is 2.41. The Balaban J connectivity index is 2.53. The summed E-state index contributed by atoms with van der Waals surface area (Å²) in [4.78, 5) is 3.92. The lowest BCUT2D eigenvalue weighted by Crippen LogP contribution is -2.03. The smallest absolute Gasteiger partial charge is 0.0793 e. The molecule has 1 aromatic rings. The molecule has 0 spiro atoms. The normalized spacial score (nSPS) is 15.3. The average molecular weight is 179 g/mol. The minimum absolute atomic E-state index is 0.335. The maximum absolute atomic E-state index is 9.79. The third-order valence-corrected chi connectivity index (χ3v) is 2.41. The first-order valence-corrected chi connectivity index (χ1v) is 4.82. The topological polar surface area (TPSA) is 33.1 Å². The van der Waals surface area contributed by atoms with Gasteiger partial charge < -0.3 is 5.11 Å². The van der Waals surface area contributed by atoms with Crippen molar-refractivity contribution >= 4 is 0 Å². The molecule has 1 aromatic heterocycles. The summed E-state index contributed by atoms with van der Waals surface area (Å²) in [7, 11) is 0. The van der Waals surface area contributed by atoms with E-state index >= 15 is 0 Å². The van der Waals surface area contributed by atoms with Crippen molar-refractivity contribution in [1.82, 2.24) is 4.98 Å². The molecule has 2 unspecified atom stereocenters. The summed E-state index contributed by atoms with van der Waals surface area (Å²) >= 11 is 0. The lowest BCUT2D eigenvalue weighted by Gasteiger charge is -2.14. The zero-order valence-corrected chi connectivity index (χ0v) is 8.27. The van der Waals surface area contributed by atoms with Gasteiger partial charge in [0.1, 0.15) is 0 Å². The monoisotopic (exact) mass is 179 g/mol. The van der Waals surface area contributed by atoms with Crippen molar-refractivity contribution in [1.29, 1.82) is 0 Å². The SMILES string of the molecule is CCC(C)CC(O)c1ccncc1. The Bertz CT molecular complexity index is 235. The van der Waals surface area contributed by atoms with Crippen LogP contribution in [-0.2, 0) is 0 Å². The van der Waals surface area contributed by atoms with Crippen LogP contribution in [0.2, 0.25) is 0 Å². The number of hydrogen-bond donors (Lipinski definition) is 1. The maximum Gasteiger partial charge on any atom is 0.0793 e. The van der Waals surface area contributed by atoms with E-state index in [1.807, 2.05) is 12.1 Å². The first-order chi connectivity index (χ1) is 6.24. The Morgan fingerprint density at radius 2 is 2.00 bits per heavy atom. The number of aromatic nitrogens is 1. The van der Waals surface area contributed by atoms with Gasteiger partial charge in [-0.2, -0.15) is 0 Å². The van der Waals surface area contributed by atoms with Crippen LogP contribution in [-0.4, -0.2) is 10.1 Å². The van der Waals surface area contributed by atoms with Gasteiger partial charge in [-0.25, -0.2) is 0 Å². The van der Waals surface area contributed by atoms with E-state index in [9.17, 15) is 5.11 Å². The molecule has 0 radical (unpaired) electrons. The summed E-state index contributed by atoms with van der Waals surface area (Å²) in [6.45, 7) is 4.30. The van der Waals surface area contributed by atoms with Crippen LogP contribution in [0.5, 0.6) is 0 Å². The van der Waals surface area contributed by atoms with Gasteiger partial charge in [-0.3, -0.25) is 4.98 Å². The fourth-order valence-corrected chi connectivity index (χ4v) is 1.27. The van der Waals surface area contributed by atoms with Gasteiger partial charge in [0.2, 0.25) is 0 Å². The zero-order chi connectivity index (χ0) is 9.68.